The summed E-state index contributed by atoms with van der Waals surface area (Å²) in [4.78, 5) is 4.48. The summed E-state index contributed by atoms with van der Waals surface area (Å²) in [7, 11) is 0. The zero-order valence-corrected chi connectivity index (χ0v) is 10.8. The summed E-state index contributed by atoms with van der Waals surface area (Å²) in [6.07, 6.45) is 2.28. The van der Waals surface area contributed by atoms with Crippen LogP contribution in [-0.2, 0) is 10.3 Å². The third-order valence-corrected chi connectivity index (χ3v) is 3.13. The number of ether oxygens (including phenoxy) is 1. The van der Waals surface area contributed by atoms with Gasteiger partial charge in [0.05, 0.1) is 5.92 Å². The SMILES string of the molecule is CCOC(C)(C)c1noc([C@H]2CCCNC2)n1. The molecule has 0 aliphatic carbocycles. The van der Waals surface area contributed by atoms with Crippen molar-refractivity contribution in [3.8, 4) is 0 Å². The van der Waals surface area contributed by atoms with Gasteiger partial charge in [0.25, 0.3) is 0 Å². The fraction of sp³-hybridized carbons (Fsp3) is 0.833. The number of hydrogen-bond acceptors (Lipinski definition) is 5. The number of nitrogens with zero attached hydrogens (tertiary/aromatic N) is 2. The first-order chi connectivity index (χ1) is 8.13. The molecule has 0 bridgehead atoms. The first-order valence-electron chi connectivity index (χ1n) is 6.32. The van der Waals surface area contributed by atoms with Crippen molar-refractivity contribution in [1.82, 2.24) is 15.5 Å². The van der Waals surface area contributed by atoms with Crippen molar-refractivity contribution < 1.29 is 9.26 Å². The minimum atomic E-state index is -0.474. The van der Waals surface area contributed by atoms with Crippen LogP contribution in [0.25, 0.3) is 0 Å². The summed E-state index contributed by atoms with van der Waals surface area (Å²) in [5.41, 5.74) is -0.474. The van der Waals surface area contributed by atoms with E-state index in [0.717, 1.165) is 31.8 Å². The Morgan fingerprint density at radius 2 is 2.35 bits per heavy atom. The number of rotatable bonds is 4. The first-order valence-corrected chi connectivity index (χ1v) is 6.32. The molecule has 0 saturated carbocycles. The van der Waals surface area contributed by atoms with Crippen LogP contribution in [-0.4, -0.2) is 29.8 Å². The van der Waals surface area contributed by atoms with E-state index in [1.807, 2.05) is 20.8 Å². The summed E-state index contributed by atoms with van der Waals surface area (Å²) in [6, 6.07) is 0. The zero-order chi connectivity index (χ0) is 12.3. The Balaban J connectivity index is 2.09. The zero-order valence-electron chi connectivity index (χ0n) is 10.8. The predicted molar refractivity (Wildman–Crippen MR) is 63.8 cm³/mol. The minimum absolute atomic E-state index is 0.349. The lowest BCUT2D eigenvalue weighted by molar-refractivity contribution is -0.0221. The van der Waals surface area contributed by atoms with Gasteiger partial charge in [0.15, 0.2) is 0 Å². The molecule has 0 spiro atoms. The van der Waals surface area contributed by atoms with E-state index in [-0.39, 0.29) is 0 Å². The van der Waals surface area contributed by atoms with Crippen LogP contribution in [0.15, 0.2) is 4.52 Å². The van der Waals surface area contributed by atoms with Gasteiger partial charge in [-0.25, -0.2) is 0 Å². The highest BCUT2D eigenvalue weighted by Gasteiger charge is 2.29. The second-order valence-electron chi connectivity index (χ2n) is 4.94. The molecular formula is C12H21N3O2. The Bertz CT molecular complexity index is 356. The molecule has 1 N–H and O–H groups in total. The van der Waals surface area contributed by atoms with E-state index in [0.29, 0.717) is 18.3 Å². The van der Waals surface area contributed by atoms with Gasteiger partial charge in [0.2, 0.25) is 11.7 Å². The standard InChI is InChI=1S/C12H21N3O2/c1-4-16-12(2,3)11-14-10(17-15-11)9-6-5-7-13-8-9/h9,13H,4-8H2,1-3H3/t9-/m0/s1. The van der Waals surface area contributed by atoms with E-state index in [4.69, 9.17) is 9.26 Å². The van der Waals surface area contributed by atoms with Gasteiger partial charge in [-0.3, -0.25) is 0 Å². The van der Waals surface area contributed by atoms with Gasteiger partial charge < -0.3 is 14.6 Å². The summed E-state index contributed by atoms with van der Waals surface area (Å²) in [6.45, 7) is 8.54. The second-order valence-corrected chi connectivity index (χ2v) is 4.94. The maximum absolute atomic E-state index is 5.62. The molecule has 1 aromatic heterocycles. The Morgan fingerprint density at radius 1 is 1.53 bits per heavy atom. The maximum atomic E-state index is 5.62. The van der Waals surface area contributed by atoms with Crippen LogP contribution in [0.5, 0.6) is 0 Å². The number of piperidine rings is 1. The normalized spacial score (nSPS) is 21.7. The molecule has 1 aromatic rings. The summed E-state index contributed by atoms with van der Waals surface area (Å²) in [5.74, 6) is 1.72. The monoisotopic (exact) mass is 239 g/mol. The van der Waals surface area contributed by atoms with Crippen molar-refractivity contribution in [2.45, 2.75) is 45.1 Å². The van der Waals surface area contributed by atoms with E-state index in [9.17, 15) is 0 Å². The summed E-state index contributed by atoms with van der Waals surface area (Å²) < 4.78 is 11.0. The van der Waals surface area contributed by atoms with E-state index < -0.39 is 5.60 Å². The van der Waals surface area contributed by atoms with Gasteiger partial charge in [0.1, 0.15) is 5.60 Å². The van der Waals surface area contributed by atoms with E-state index >= 15 is 0 Å². The average molecular weight is 239 g/mol. The van der Waals surface area contributed by atoms with Gasteiger partial charge in [-0.2, -0.15) is 4.98 Å². The Kier molecular flexibility index (Phi) is 3.79. The van der Waals surface area contributed by atoms with Crippen LogP contribution in [0.4, 0.5) is 0 Å². The third-order valence-electron chi connectivity index (χ3n) is 3.13. The third kappa shape index (κ3) is 2.84. The lowest BCUT2D eigenvalue weighted by Gasteiger charge is -2.20. The molecule has 2 heterocycles. The molecule has 1 fully saturated rings. The van der Waals surface area contributed by atoms with Crippen molar-refractivity contribution in [2.24, 2.45) is 0 Å². The molecule has 1 atom stereocenters. The Morgan fingerprint density at radius 3 is 3.00 bits per heavy atom. The number of nitrogens with one attached hydrogen (secondary N) is 1. The number of hydrogen-bond donors (Lipinski definition) is 1. The highest BCUT2D eigenvalue weighted by atomic mass is 16.5. The molecule has 1 aliphatic rings. The molecule has 0 amide bonds. The molecule has 2 rings (SSSR count). The molecule has 1 saturated heterocycles. The number of aromatic nitrogens is 2. The smallest absolute Gasteiger partial charge is 0.231 e. The molecule has 5 heteroatoms. The largest absolute Gasteiger partial charge is 0.368 e. The molecule has 0 aromatic carbocycles. The van der Waals surface area contributed by atoms with Crippen LogP contribution >= 0.6 is 0 Å². The Hall–Kier alpha value is -0.940. The average Bonchev–Trinajstić information content (AvgIpc) is 2.80. The summed E-state index contributed by atoms with van der Waals surface area (Å²) in [5, 5.41) is 7.39. The second kappa shape index (κ2) is 5.14. The topological polar surface area (TPSA) is 60.2 Å². The van der Waals surface area contributed by atoms with Crippen LogP contribution in [0, 0.1) is 0 Å². The first kappa shape index (κ1) is 12.5. The van der Waals surface area contributed by atoms with Crippen molar-refractivity contribution in [1.29, 1.82) is 0 Å². The van der Waals surface area contributed by atoms with Gasteiger partial charge in [-0.1, -0.05) is 5.16 Å². The van der Waals surface area contributed by atoms with Crippen molar-refractivity contribution in [2.75, 3.05) is 19.7 Å². The van der Waals surface area contributed by atoms with Crippen LogP contribution in [0.1, 0.15) is 51.2 Å². The van der Waals surface area contributed by atoms with E-state index in [2.05, 4.69) is 15.5 Å². The highest BCUT2D eigenvalue weighted by Crippen LogP contribution is 2.26. The molecule has 0 unspecified atom stereocenters. The van der Waals surface area contributed by atoms with Crippen LogP contribution in [0.3, 0.4) is 0 Å². The van der Waals surface area contributed by atoms with Gasteiger partial charge in [-0.05, 0) is 40.2 Å². The van der Waals surface area contributed by atoms with Gasteiger partial charge >= 0.3 is 0 Å². The fourth-order valence-corrected chi connectivity index (χ4v) is 2.13. The van der Waals surface area contributed by atoms with Crippen molar-refractivity contribution in [3.63, 3.8) is 0 Å². The minimum Gasteiger partial charge on any atom is -0.368 e. The Labute approximate surface area is 102 Å². The summed E-state index contributed by atoms with van der Waals surface area (Å²) >= 11 is 0. The highest BCUT2D eigenvalue weighted by molar-refractivity contribution is 5.02. The molecule has 0 radical (unpaired) electrons. The van der Waals surface area contributed by atoms with E-state index in [1.165, 1.54) is 0 Å². The maximum Gasteiger partial charge on any atom is 0.231 e. The predicted octanol–water partition coefficient (Wildman–Crippen LogP) is 1.81. The molecule has 5 nitrogen and oxygen atoms in total. The van der Waals surface area contributed by atoms with Crippen LogP contribution in [0.2, 0.25) is 0 Å². The van der Waals surface area contributed by atoms with Crippen molar-refractivity contribution in [3.05, 3.63) is 11.7 Å². The quantitative estimate of drug-likeness (QED) is 0.868. The fourth-order valence-electron chi connectivity index (χ4n) is 2.13. The molecule has 17 heavy (non-hydrogen) atoms. The van der Waals surface area contributed by atoms with Crippen LogP contribution < -0.4 is 5.32 Å². The lowest BCUT2D eigenvalue weighted by atomic mass is 10.00. The van der Waals surface area contributed by atoms with Gasteiger partial charge in [0, 0.05) is 13.2 Å². The van der Waals surface area contributed by atoms with E-state index in [1.54, 1.807) is 0 Å². The molecule has 96 valence electrons. The molecule has 1 aliphatic heterocycles. The van der Waals surface area contributed by atoms with Crippen molar-refractivity contribution >= 4 is 0 Å². The lowest BCUT2D eigenvalue weighted by Crippen LogP contribution is -2.28. The molecular weight excluding hydrogens is 218 g/mol. The van der Waals surface area contributed by atoms with Gasteiger partial charge in [-0.15, -0.1) is 0 Å².